The van der Waals surface area contributed by atoms with Crippen molar-refractivity contribution in [3.63, 3.8) is 0 Å². The minimum Gasteiger partial charge on any atom is -0.325 e. The minimum atomic E-state index is -0.397. The number of amides is 1. The second-order valence-corrected chi connectivity index (χ2v) is 6.60. The van der Waals surface area contributed by atoms with Gasteiger partial charge in [-0.3, -0.25) is 4.79 Å². The number of nitrogens with one attached hydrogen (secondary N) is 1. The predicted molar refractivity (Wildman–Crippen MR) is 97.2 cm³/mol. The van der Waals surface area contributed by atoms with Crippen LogP contribution in [0.5, 0.6) is 0 Å². The van der Waals surface area contributed by atoms with Crippen molar-refractivity contribution >= 4 is 35.0 Å². The van der Waals surface area contributed by atoms with Gasteiger partial charge in [0.25, 0.3) is 0 Å². The second kappa shape index (κ2) is 7.67. The van der Waals surface area contributed by atoms with E-state index >= 15 is 0 Å². The number of carbonyl (C=O) groups is 1. The third-order valence-corrected chi connectivity index (χ3v) is 4.65. The lowest BCUT2D eigenvalue weighted by molar-refractivity contribution is -0.113. The zero-order chi connectivity index (χ0) is 17.8. The molecule has 3 rings (SSSR count). The van der Waals surface area contributed by atoms with Gasteiger partial charge in [0.05, 0.1) is 5.75 Å². The van der Waals surface area contributed by atoms with E-state index in [1.165, 1.54) is 23.9 Å². The summed E-state index contributed by atoms with van der Waals surface area (Å²) in [5.41, 5.74) is 1.31. The summed E-state index contributed by atoms with van der Waals surface area (Å²) in [7, 11) is 1.83. The summed E-state index contributed by atoms with van der Waals surface area (Å²) in [6.45, 7) is 0. The van der Waals surface area contributed by atoms with Gasteiger partial charge in [-0.05, 0) is 42.5 Å². The number of anilines is 1. The Balaban J connectivity index is 1.64. The number of hydrogen-bond donors (Lipinski definition) is 1. The van der Waals surface area contributed by atoms with E-state index in [-0.39, 0.29) is 11.7 Å². The van der Waals surface area contributed by atoms with Crippen LogP contribution in [0.15, 0.2) is 53.7 Å². The van der Waals surface area contributed by atoms with E-state index in [0.717, 1.165) is 5.56 Å². The van der Waals surface area contributed by atoms with Crippen LogP contribution in [0.25, 0.3) is 11.4 Å². The van der Waals surface area contributed by atoms with Gasteiger partial charge in [0.15, 0.2) is 11.0 Å². The first-order valence-corrected chi connectivity index (χ1v) is 8.73. The number of aromatic nitrogens is 3. The summed E-state index contributed by atoms with van der Waals surface area (Å²) < 4.78 is 14.9. The summed E-state index contributed by atoms with van der Waals surface area (Å²) in [5.74, 6) is 0.186. The lowest BCUT2D eigenvalue weighted by Gasteiger charge is -2.06. The first-order valence-electron chi connectivity index (χ1n) is 7.36. The molecule has 1 N–H and O–H groups in total. The standard InChI is InChI=1S/C17H14ClFN4OS/c1-23-16(11-5-7-12(18)8-6-11)21-22-17(23)25-10-15(24)20-14-4-2-3-13(19)9-14/h2-9H,10H2,1H3,(H,20,24). The van der Waals surface area contributed by atoms with E-state index in [9.17, 15) is 9.18 Å². The highest BCUT2D eigenvalue weighted by Crippen LogP contribution is 2.24. The van der Waals surface area contributed by atoms with Crippen LogP contribution in [0.3, 0.4) is 0 Å². The molecule has 1 heterocycles. The van der Waals surface area contributed by atoms with Crippen molar-refractivity contribution in [2.45, 2.75) is 5.16 Å². The monoisotopic (exact) mass is 376 g/mol. The van der Waals surface area contributed by atoms with Gasteiger partial charge < -0.3 is 9.88 Å². The van der Waals surface area contributed by atoms with Gasteiger partial charge in [-0.25, -0.2) is 4.39 Å². The Labute approximate surface area is 153 Å². The highest BCUT2D eigenvalue weighted by molar-refractivity contribution is 7.99. The molecule has 3 aromatic rings. The Morgan fingerprint density at radius 1 is 1.24 bits per heavy atom. The number of hydrogen-bond acceptors (Lipinski definition) is 4. The zero-order valence-electron chi connectivity index (χ0n) is 13.2. The van der Waals surface area contributed by atoms with E-state index < -0.39 is 5.82 Å². The van der Waals surface area contributed by atoms with Crippen molar-refractivity contribution in [2.75, 3.05) is 11.1 Å². The zero-order valence-corrected chi connectivity index (χ0v) is 14.8. The highest BCUT2D eigenvalue weighted by Gasteiger charge is 2.13. The average molecular weight is 377 g/mol. The van der Waals surface area contributed by atoms with Crippen molar-refractivity contribution in [3.8, 4) is 11.4 Å². The summed E-state index contributed by atoms with van der Waals surface area (Å²) in [5, 5.41) is 12.2. The Kier molecular flexibility index (Phi) is 5.35. The average Bonchev–Trinajstić information content (AvgIpc) is 2.94. The molecule has 5 nitrogen and oxygen atoms in total. The predicted octanol–water partition coefficient (Wildman–Crippen LogP) is 4.01. The maximum atomic E-state index is 13.1. The topological polar surface area (TPSA) is 59.8 Å². The van der Waals surface area contributed by atoms with Crippen LogP contribution in [0.2, 0.25) is 5.02 Å². The van der Waals surface area contributed by atoms with Crippen molar-refractivity contribution in [3.05, 3.63) is 59.4 Å². The van der Waals surface area contributed by atoms with Crippen LogP contribution in [0.1, 0.15) is 0 Å². The molecule has 0 aliphatic rings. The fourth-order valence-electron chi connectivity index (χ4n) is 2.18. The van der Waals surface area contributed by atoms with Crippen molar-refractivity contribution < 1.29 is 9.18 Å². The molecule has 0 aliphatic heterocycles. The normalized spacial score (nSPS) is 10.7. The molecular weight excluding hydrogens is 363 g/mol. The van der Waals surface area contributed by atoms with E-state index in [4.69, 9.17) is 11.6 Å². The number of benzene rings is 2. The molecule has 0 radical (unpaired) electrons. The van der Waals surface area contributed by atoms with E-state index in [1.54, 1.807) is 24.3 Å². The third kappa shape index (κ3) is 4.37. The molecule has 0 unspecified atom stereocenters. The lowest BCUT2D eigenvalue weighted by atomic mass is 10.2. The molecule has 1 aromatic heterocycles. The minimum absolute atomic E-state index is 0.142. The second-order valence-electron chi connectivity index (χ2n) is 5.22. The summed E-state index contributed by atoms with van der Waals surface area (Å²) in [6, 6.07) is 13.0. The molecular formula is C17H14ClFN4OS. The van der Waals surface area contributed by atoms with Crippen LogP contribution in [-0.2, 0) is 11.8 Å². The molecule has 8 heteroatoms. The van der Waals surface area contributed by atoms with Gasteiger partial charge in [0.2, 0.25) is 5.91 Å². The van der Waals surface area contributed by atoms with E-state index in [1.807, 2.05) is 23.7 Å². The maximum Gasteiger partial charge on any atom is 0.234 e. The van der Waals surface area contributed by atoms with Gasteiger partial charge in [0, 0.05) is 23.3 Å². The van der Waals surface area contributed by atoms with Crippen LogP contribution in [-0.4, -0.2) is 26.4 Å². The van der Waals surface area contributed by atoms with E-state index in [2.05, 4.69) is 15.5 Å². The molecule has 1 amide bonds. The molecule has 0 fully saturated rings. The van der Waals surface area contributed by atoms with Crippen LogP contribution < -0.4 is 5.32 Å². The SMILES string of the molecule is Cn1c(SCC(=O)Nc2cccc(F)c2)nnc1-c1ccc(Cl)cc1. The number of rotatable bonds is 5. The van der Waals surface area contributed by atoms with Crippen LogP contribution in [0, 0.1) is 5.82 Å². The van der Waals surface area contributed by atoms with Crippen LogP contribution >= 0.6 is 23.4 Å². The number of halogens is 2. The fraction of sp³-hybridized carbons (Fsp3) is 0.118. The molecule has 0 saturated heterocycles. The molecule has 0 spiro atoms. The van der Waals surface area contributed by atoms with Gasteiger partial charge in [-0.15, -0.1) is 10.2 Å². The quantitative estimate of drug-likeness (QED) is 0.683. The number of nitrogens with zero attached hydrogens (tertiary/aromatic N) is 3. The Morgan fingerprint density at radius 2 is 2.00 bits per heavy atom. The van der Waals surface area contributed by atoms with Gasteiger partial charge >= 0.3 is 0 Å². The molecule has 0 atom stereocenters. The Hall–Kier alpha value is -2.38. The number of thioether (sulfide) groups is 1. The first-order chi connectivity index (χ1) is 12.0. The fourth-order valence-corrected chi connectivity index (χ4v) is 3.02. The van der Waals surface area contributed by atoms with E-state index in [0.29, 0.717) is 21.7 Å². The molecule has 0 bridgehead atoms. The molecule has 25 heavy (non-hydrogen) atoms. The summed E-state index contributed by atoms with van der Waals surface area (Å²) in [4.78, 5) is 12.0. The third-order valence-electron chi connectivity index (χ3n) is 3.38. The summed E-state index contributed by atoms with van der Waals surface area (Å²) in [6.07, 6.45) is 0. The first kappa shape index (κ1) is 17.4. The lowest BCUT2D eigenvalue weighted by Crippen LogP contribution is -2.14. The maximum absolute atomic E-state index is 13.1. The largest absolute Gasteiger partial charge is 0.325 e. The Bertz CT molecular complexity index is 898. The molecule has 0 aliphatic carbocycles. The van der Waals surface area contributed by atoms with Crippen molar-refractivity contribution in [1.29, 1.82) is 0 Å². The van der Waals surface area contributed by atoms with Crippen molar-refractivity contribution in [2.24, 2.45) is 7.05 Å². The van der Waals surface area contributed by atoms with Crippen LogP contribution in [0.4, 0.5) is 10.1 Å². The van der Waals surface area contributed by atoms with Gasteiger partial charge in [0.1, 0.15) is 5.82 Å². The molecule has 0 saturated carbocycles. The van der Waals surface area contributed by atoms with Crippen molar-refractivity contribution in [1.82, 2.24) is 14.8 Å². The molecule has 2 aromatic carbocycles. The van der Waals surface area contributed by atoms with Gasteiger partial charge in [-0.2, -0.15) is 0 Å². The van der Waals surface area contributed by atoms with Gasteiger partial charge in [-0.1, -0.05) is 29.4 Å². The smallest absolute Gasteiger partial charge is 0.234 e. The Morgan fingerprint density at radius 3 is 2.72 bits per heavy atom. The number of carbonyl (C=O) groups excluding carboxylic acids is 1. The highest BCUT2D eigenvalue weighted by atomic mass is 35.5. The summed E-state index contributed by atoms with van der Waals surface area (Å²) >= 11 is 7.14. The molecule has 128 valence electrons.